The molecule has 1 aromatic carbocycles. The highest BCUT2D eigenvalue weighted by Gasteiger charge is 2.50. The van der Waals surface area contributed by atoms with Gasteiger partial charge >= 0.3 is 0 Å². The zero-order valence-electron chi connectivity index (χ0n) is 14.6. The van der Waals surface area contributed by atoms with Crippen molar-refractivity contribution >= 4 is 21.4 Å². The van der Waals surface area contributed by atoms with Gasteiger partial charge in [-0.2, -0.15) is 0 Å². The van der Waals surface area contributed by atoms with Gasteiger partial charge in [-0.3, -0.25) is 0 Å². The molecule has 4 heterocycles. The van der Waals surface area contributed by atoms with Gasteiger partial charge in [0.1, 0.15) is 22.5 Å². The largest absolute Gasteiger partial charge is 0.371 e. The third kappa shape index (κ3) is 3.05. The Hall–Kier alpha value is -2.18. The molecule has 0 aliphatic carbocycles. The molecule has 4 unspecified atom stereocenters. The molecule has 9 nitrogen and oxygen atoms in total. The Kier molecular flexibility index (Phi) is 4.48. The molecule has 28 heavy (non-hydrogen) atoms. The van der Waals surface area contributed by atoms with Crippen molar-refractivity contribution in [2.24, 2.45) is 0 Å². The van der Waals surface area contributed by atoms with Crippen LogP contribution < -0.4 is 4.72 Å². The van der Waals surface area contributed by atoms with E-state index in [0.29, 0.717) is 12.4 Å². The second kappa shape index (κ2) is 7.01. The first kappa shape index (κ1) is 17.9. The minimum atomic E-state index is -3.60. The van der Waals surface area contributed by atoms with Gasteiger partial charge in [-0.25, -0.2) is 17.8 Å². The van der Waals surface area contributed by atoms with Gasteiger partial charge < -0.3 is 9.47 Å². The highest BCUT2D eigenvalue weighted by atomic mass is 32.2. The van der Waals surface area contributed by atoms with E-state index in [4.69, 9.17) is 9.47 Å². The summed E-state index contributed by atoms with van der Waals surface area (Å²) < 4.78 is 41.6. The predicted molar refractivity (Wildman–Crippen MR) is 100 cm³/mol. The molecule has 2 saturated heterocycles. The summed E-state index contributed by atoms with van der Waals surface area (Å²) >= 11 is 1.17. The van der Waals surface area contributed by atoms with Crippen LogP contribution in [-0.4, -0.2) is 60.1 Å². The highest BCUT2D eigenvalue weighted by Crippen LogP contribution is 2.36. The number of sulfonamides is 1. The third-order valence-electron chi connectivity index (χ3n) is 4.93. The van der Waals surface area contributed by atoms with Crippen LogP contribution in [0.5, 0.6) is 0 Å². The molecule has 0 radical (unpaired) electrons. The number of benzene rings is 1. The highest BCUT2D eigenvalue weighted by molar-refractivity contribution is 7.91. The van der Waals surface area contributed by atoms with Crippen molar-refractivity contribution in [2.75, 3.05) is 13.2 Å². The molecule has 2 aliphatic rings. The summed E-state index contributed by atoms with van der Waals surface area (Å²) in [7, 11) is -3.60. The summed E-state index contributed by atoms with van der Waals surface area (Å²) in [6.07, 6.45) is -0.727. The average molecular weight is 419 g/mol. The number of rotatable bonds is 5. The molecule has 2 fully saturated rings. The zero-order valence-corrected chi connectivity index (χ0v) is 16.2. The van der Waals surface area contributed by atoms with Crippen LogP contribution in [0.1, 0.15) is 6.04 Å². The van der Waals surface area contributed by atoms with Crippen LogP contribution in [0.4, 0.5) is 0 Å². The molecule has 3 aromatic rings. The summed E-state index contributed by atoms with van der Waals surface area (Å²) in [6, 6.07) is 12.2. The molecular weight excluding hydrogens is 402 g/mol. The predicted octanol–water partition coefficient (Wildman–Crippen LogP) is 1.09. The van der Waals surface area contributed by atoms with Crippen molar-refractivity contribution in [1.82, 2.24) is 24.9 Å². The van der Waals surface area contributed by atoms with Crippen LogP contribution in [0.25, 0.3) is 11.4 Å². The fourth-order valence-electron chi connectivity index (χ4n) is 3.66. The monoisotopic (exact) mass is 419 g/mol. The van der Waals surface area contributed by atoms with E-state index in [2.05, 4.69) is 20.2 Å². The van der Waals surface area contributed by atoms with Crippen LogP contribution in [-0.2, 0) is 19.5 Å². The second-order valence-electron chi connectivity index (χ2n) is 6.64. The lowest BCUT2D eigenvalue weighted by molar-refractivity contribution is 0.0626. The van der Waals surface area contributed by atoms with E-state index >= 15 is 0 Å². The van der Waals surface area contributed by atoms with E-state index < -0.39 is 22.2 Å². The van der Waals surface area contributed by atoms with Crippen molar-refractivity contribution in [3.8, 4) is 11.4 Å². The van der Waals surface area contributed by atoms with E-state index in [1.807, 2.05) is 30.3 Å². The molecule has 5 rings (SSSR count). The summed E-state index contributed by atoms with van der Waals surface area (Å²) in [6.45, 7) is 0.580. The maximum atomic E-state index is 12.5. The first-order chi connectivity index (χ1) is 13.6. The number of fused-ring (bicyclic) bond motifs is 1. The van der Waals surface area contributed by atoms with Gasteiger partial charge in [-0.05, 0) is 21.9 Å². The Balaban J connectivity index is 1.37. The second-order valence-corrected chi connectivity index (χ2v) is 9.52. The van der Waals surface area contributed by atoms with Crippen LogP contribution in [0.15, 0.2) is 52.1 Å². The Labute approximate surface area is 165 Å². The Morgan fingerprint density at radius 1 is 1.07 bits per heavy atom. The summed E-state index contributed by atoms with van der Waals surface area (Å²) in [5, 5.41) is 13.8. The number of hydrogen-bond acceptors (Lipinski definition) is 8. The minimum absolute atomic E-state index is 0.230. The fraction of sp³-hybridized carbons (Fsp3) is 0.353. The van der Waals surface area contributed by atoms with Crippen LogP contribution in [0, 0.1) is 0 Å². The summed E-state index contributed by atoms with van der Waals surface area (Å²) in [5.74, 6) is 0.626. The van der Waals surface area contributed by atoms with Gasteiger partial charge in [0.2, 0.25) is 10.0 Å². The maximum absolute atomic E-state index is 12.5. The Morgan fingerprint density at radius 2 is 1.89 bits per heavy atom. The molecule has 2 aliphatic heterocycles. The van der Waals surface area contributed by atoms with Gasteiger partial charge in [0.05, 0.1) is 19.3 Å². The zero-order chi connectivity index (χ0) is 19.1. The van der Waals surface area contributed by atoms with E-state index in [1.165, 1.54) is 11.3 Å². The van der Waals surface area contributed by atoms with Crippen molar-refractivity contribution < 1.29 is 17.9 Å². The molecule has 2 aromatic heterocycles. The number of ether oxygens (including phenoxy) is 2. The van der Waals surface area contributed by atoms with Gasteiger partial charge in [-0.15, -0.1) is 16.4 Å². The molecule has 146 valence electrons. The molecule has 0 spiro atoms. The number of thiophene rings is 1. The average Bonchev–Trinajstić information content (AvgIpc) is 3.48. The van der Waals surface area contributed by atoms with Gasteiger partial charge in [-0.1, -0.05) is 36.4 Å². The number of aromatic nitrogens is 4. The van der Waals surface area contributed by atoms with Gasteiger partial charge in [0.25, 0.3) is 0 Å². The van der Waals surface area contributed by atoms with Crippen molar-refractivity contribution in [3.63, 3.8) is 0 Å². The van der Waals surface area contributed by atoms with E-state index in [-0.39, 0.29) is 23.0 Å². The molecule has 0 saturated carbocycles. The van der Waals surface area contributed by atoms with E-state index in [0.717, 1.165) is 5.56 Å². The molecule has 0 amide bonds. The standard InChI is InChI=1S/C17H17N5O4S2/c23-28(24,14-7-4-8-27-14)19-12-9-25-16-13(10-26-15(12)16)22-17(18-20-21-22)11-5-2-1-3-6-11/h1-8,12-13,15-16,19H,9-10H2. The van der Waals surface area contributed by atoms with Gasteiger partial charge in [0, 0.05) is 5.56 Å². The lowest BCUT2D eigenvalue weighted by Gasteiger charge is -2.18. The first-order valence-electron chi connectivity index (χ1n) is 8.76. The van der Waals surface area contributed by atoms with Crippen LogP contribution in [0.3, 0.4) is 0 Å². The number of tetrazole rings is 1. The van der Waals surface area contributed by atoms with Crippen molar-refractivity contribution in [3.05, 3.63) is 47.8 Å². The quantitative estimate of drug-likeness (QED) is 0.659. The van der Waals surface area contributed by atoms with Crippen molar-refractivity contribution in [1.29, 1.82) is 0 Å². The summed E-state index contributed by atoms with van der Waals surface area (Å²) in [4.78, 5) is 0. The number of nitrogens with one attached hydrogen (secondary N) is 1. The SMILES string of the molecule is O=S(=O)(NC1COC2C1OCC2n1nnnc1-c1ccccc1)c1cccs1. The van der Waals surface area contributed by atoms with E-state index in [9.17, 15) is 8.42 Å². The lowest BCUT2D eigenvalue weighted by atomic mass is 10.1. The molecule has 4 atom stereocenters. The minimum Gasteiger partial charge on any atom is -0.371 e. The maximum Gasteiger partial charge on any atom is 0.250 e. The molecule has 11 heteroatoms. The Morgan fingerprint density at radius 3 is 2.68 bits per heavy atom. The smallest absolute Gasteiger partial charge is 0.250 e. The van der Waals surface area contributed by atoms with Crippen LogP contribution >= 0.6 is 11.3 Å². The lowest BCUT2D eigenvalue weighted by Crippen LogP contribution is -2.43. The first-order valence-corrected chi connectivity index (χ1v) is 11.1. The third-order valence-corrected chi connectivity index (χ3v) is 7.82. The summed E-state index contributed by atoms with van der Waals surface area (Å²) in [5.41, 5.74) is 0.892. The number of hydrogen-bond donors (Lipinski definition) is 1. The van der Waals surface area contributed by atoms with E-state index in [1.54, 1.807) is 22.2 Å². The fourth-order valence-corrected chi connectivity index (χ4v) is 5.90. The molecule has 0 bridgehead atoms. The topological polar surface area (TPSA) is 108 Å². The molecular formula is C17H17N5O4S2. The van der Waals surface area contributed by atoms with Crippen molar-refractivity contribution in [2.45, 2.75) is 28.5 Å². The number of nitrogens with zero attached hydrogens (tertiary/aromatic N) is 4. The normalized spacial score (nSPS) is 27.1. The van der Waals surface area contributed by atoms with Crippen LogP contribution in [0.2, 0.25) is 0 Å². The molecule has 1 N–H and O–H groups in total. The Bertz CT molecular complexity index is 1050. The van der Waals surface area contributed by atoms with Gasteiger partial charge in [0.15, 0.2) is 5.82 Å².